The van der Waals surface area contributed by atoms with Crippen LogP contribution in [0.5, 0.6) is 11.5 Å². The summed E-state index contributed by atoms with van der Waals surface area (Å²) in [5.74, 6) is 1.24. The number of hydrogen-bond donors (Lipinski definition) is 1. The molecule has 0 bridgehead atoms. The number of benzene rings is 3. The number of carbonyl (C=O) groups is 1. The molecule has 0 aromatic heterocycles. The minimum atomic E-state index is -0.279. The molecule has 0 aliphatic carbocycles. The van der Waals surface area contributed by atoms with Gasteiger partial charge in [0.1, 0.15) is 0 Å². The van der Waals surface area contributed by atoms with Crippen LogP contribution < -0.4 is 14.8 Å². The molecule has 0 amide bonds. The molecule has 3 rings (SSSR count). The van der Waals surface area contributed by atoms with Gasteiger partial charge < -0.3 is 14.8 Å². The van der Waals surface area contributed by atoms with Crippen LogP contribution in [0.3, 0.4) is 0 Å². The highest BCUT2D eigenvalue weighted by atomic mass is 35.5. The Balaban J connectivity index is 1.91. The third kappa shape index (κ3) is 5.43. The molecule has 0 fully saturated rings. The number of rotatable bonds is 8. The van der Waals surface area contributed by atoms with Crippen LogP contribution in [0.15, 0.2) is 66.7 Å². The average Bonchev–Trinajstić information content (AvgIpc) is 2.74. The molecule has 0 aliphatic heterocycles. The summed E-state index contributed by atoms with van der Waals surface area (Å²) in [6.45, 7) is 0. The molecule has 1 atom stereocenters. The summed E-state index contributed by atoms with van der Waals surface area (Å²) < 4.78 is 10.8. The number of ether oxygens (including phenoxy) is 2. The van der Waals surface area contributed by atoms with E-state index in [-0.39, 0.29) is 18.2 Å². The summed E-state index contributed by atoms with van der Waals surface area (Å²) in [6.07, 6.45) is 0.250. The lowest BCUT2D eigenvalue weighted by Gasteiger charge is -2.21. The zero-order valence-corrected chi connectivity index (χ0v) is 17.6. The highest BCUT2D eigenvalue weighted by Crippen LogP contribution is 2.33. The Hall–Kier alpha value is -2.69. The zero-order chi connectivity index (χ0) is 20.8. The molecule has 0 unspecified atom stereocenters. The van der Waals surface area contributed by atoms with Gasteiger partial charge in [-0.3, -0.25) is 4.79 Å². The molecule has 6 heteroatoms. The number of Topliss-reactive ketones (excluding diaryl/α,β-unsaturated/α-hetero) is 1. The first kappa shape index (κ1) is 21.0. The van der Waals surface area contributed by atoms with Gasteiger partial charge in [-0.05, 0) is 66.2 Å². The summed E-state index contributed by atoms with van der Waals surface area (Å²) in [4.78, 5) is 12.9. The first-order chi connectivity index (χ1) is 14.0. The van der Waals surface area contributed by atoms with Crippen molar-refractivity contribution in [3.05, 3.63) is 87.9 Å². The fourth-order valence-electron chi connectivity index (χ4n) is 3.01. The smallest absolute Gasteiger partial charge is 0.165 e. The molecule has 4 nitrogen and oxygen atoms in total. The Labute approximate surface area is 180 Å². The molecule has 0 spiro atoms. The van der Waals surface area contributed by atoms with E-state index in [4.69, 9.17) is 32.7 Å². The highest BCUT2D eigenvalue weighted by molar-refractivity contribution is 6.31. The van der Waals surface area contributed by atoms with Gasteiger partial charge in [-0.15, -0.1) is 0 Å². The Kier molecular flexibility index (Phi) is 7.02. The van der Waals surface area contributed by atoms with Crippen molar-refractivity contribution in [2.75, 3.05) is 19.5 Å². The number of anilines is 1. The molecule has 0 saturated carbocycles. The molecule has 0 saturated heterocycles. The van der Waals surface area contributed by atoms with Gasteiger partial charge in [0.25, 0.3) is 0 Å². The molecule has 0 aliphatic rings. The van der Waals surface area contributed by atoms with Crippen LogP contribution in [0.1, 0.15) is 28.4 Å². The van der Waals surface area contributed by atoms with E-state index in [1.165, 1.54) is 0 Å². The molecule has 150 valence electrons. The summed E-state index contributed by atoms with van der Waals surface area (Å²) in [5, 5.41) is 4.66. The molecule has 0 heterocycles. The Bertz CT molecular complexity index is 972. The van der Waals surface area contributed by atoms with Crippen LogP contribution in [0, 0.1) is 0 Å². The molecular weight excluding hydrogens is 409 g/mol. The van der Waals surface area contributed by atoms with Crippen molar-refractivity contribution in [3.63, 3.8) is 0 Å². The first-order valence-corrected chi connectivity index (χ1v) is 9.78. The minimum Gasteiger partial charge on any atom is -0.493 e. The third-order valence-corrected chi connectivity index (χ3v) is 5.05. The highest BCUT2D eigenvalue weighted by Gasteiger charge is 2.19. The van der Waals surface area contributed by atoms with Gasteiger partial charge in [0.15, 0.2) is 17.3 Å². The lowest BCUT2D eigenvalue weighted by molar-refractivity contribution is 0.0976. The largest absolute Gasteiger partial charge is 0.493 e. The van der Waals surface area contributed by atoms with E-state index in [2.05, 4.69) is 5.32 Å². The van der Waals surface area contributed by atoms with Crippen LogP contribution in [0.25, 0.3) is 0 Å². The summed E-state index contributed by atoms with van der Waals surface area (Å²) in [7, 11) is 3.17. The van der Waals surface area contributed by atoms with Crippen LogP contribution in [0.4, 0.5) is 5.69 Å². The molecule has 3 aromatic carbocycles. The van der Waals surface area contributed by atoms with E-state index in [9.17, 15) is 4.79 Å². The van der Waals surface area contributed by atoms with Gasteiger partial charge in [0, 0.05) is 27.7 Å². The van der Waals surface area contributed by atoms with Gasteiger partial charge in [0.2, 0.25) is 0 Å². The normalized spacial score (nSPS) is 11.6. The lowest BCUT2D eigenvalue weighted by Crippen LogP contribution is -2.16. The molecule has 1 N–H and O–H groups in total. The van der Waals surface area contributed by atoms with Crippen LogP contribution >= 0.6 is 23.2 Å². The monoisotopic (exact) mass is 429 g/mol. The summed E-state index contributed by atoms with van der Waals surface area (Å²) in [6, 6.07) is 19.6. The standard InChI is InChI=1S/C23H21Cl2NO3/c1-28-22-12-5-16(13-23(22)29-2)20(26-19-10-8-18(25)9-11-19)14-21(27)15-3-6-17(24)7-4-15/h3-13,20,26H,14H2,1-2H3/t20-/m0/s1. The SMILES string of the molecule is COc1ccc([C@H](CC(=O)c2ccc(Cl)cc2)Nc2ccc(Cl)cc2)cc1OC. The lowest BCUT2D eigenvalue weighted by atomic mass is 9.97. The van der Waals surface area contributed by atoms with Crippen molar-refractivity contribution in [1.82, 2.24) is 0 Å². The second-order valence-corrected chi connectivity index (χ2v) is 7.33. The van der Waals surface area contributed by atoms with Gasteiger partial charge in [-0.1, -0.05) is 29.3 Å². The predicted molar refractivity (Wildman–Crippen MR) is 118 cm³/mol. The first-order valence-electron chi connectivity index (χ1n) is 9.03. The van der Waals surface area contributed by atoms with Crippen molar-refractivity contribution in [1.29, 1.82) is 0 Å². The molecule has 29 heavy (non-hydrogen) atoms. The topological polar surface area (TPSA) is 47.6 Å². The van der Waals surface area contributed by atoms with Crippen molar-refractivity contribution < 1.29 is 14.3 Å². The maximum atomic E-state index is 12.9. The quantitative estimate of drug-likeness (QED) is 0.418. The van der Waals surface area contributed by atoms with Crippen molar-refractivity contribution in [2.24, 2.45) is 0 Å². The van der Waals surface area contributed by atoms with E-state index >= 15 is 0 Å². The van der Waals surface area contributed by atoms with Gasteiger partial charge >= 0.3 is 0 Å². The number of halogens is 2. The maximum Gasteiger partial charge on any atom is 0.165 e. The number of nitrogens with one attached hydrogen (secondary N) is 1. The predicted octanol–water partition coefficient (Wildman–Crippen LogP) is 6.44. The van der Waals surface area contributed by atoms with Crippen molar-refractivity contribution in [2.45, 2.75) is 12.5 Å². The Morgan fingerprint density at radius 2 is 1.45 bits per heavy atom. The van der Waals surface area contributed by atoms with E-state index in [1.54, 1.807) is 50.6 Å². The number of ketones is 1. The second kappa shape index (κ2) is 9.68. The van der Waals surface area contributed by atoms with Crippen molar-refractivity contribution in [3.8, 4) is 11.5 Å². The average molecular weight is 430 g/mol. The van der Waals surface area contributed by atoms with Gasteiger partial charge in [-0.2, -0.15) is 0 Å². The maximum absolute atomic E-state index is 12.9. The molecule has 0 radical (unpaired) electrons. The number of carbonyl (C=O) groups excluding carboxylic acids is 1. The zero-order valence-electron chi connectivity index (χ0n) is 16.1. The van der Waals surface area contributed by atoms with E-state index in [0.717, 1.165) is 11.3 Å². The molecule has 3 aromatic rings. The fraction of sp³-hybridized carbons (Fsp3) is 0.174. The van der Waals surface area contributed by atoms with E-state index < -0.39 is 0 Å². The van der Waals surface area contributed by atoms with E-state index in [0.29, 0.717) is 27.1 Å². The fourth-order valence-corrected chi connectivity index (χ4v) is 3.26. The van der Waals surface area contributed by atoms with E-state index in [1.807, 2.05) is 30.3 Å². The number of methoxy groups -OCH3 is 2. The molecular formula is C23H21Cl2NO3. The summed E-state index contributed by atoms with van der Waals surface area (Å²) >= 11 is 11.9. The third-order valence-electron chi connectivity index (χ3n) is 4.55. The van der Waals surface area contributed by atoms with Gasteiger partial charge in [-0.25, -0.2) is 0 Å². The number of hydrogen-bond acceptors (Lipinski definition) is 4. The Morgan fingerprint density at radius 3 is 2.03 bits per heavy atom. The van der Waals surface area contributed by atoms with Gasteiger partial charge in [0.05, 0.1) is 20.3 Å². The van der Waals surface area contributed by atoms with Crippen LogP contribution in [0.2, 0.25) is 10.0 Å². The minimum absolute atomic E-state index is 0.00270. The second-order valence-electron chi connectivity index (χ2n) is 6.45. The van der Waals surface area contributed by atoms with Crippen molar-refractivity contribution >= 4 is 34.7 Å². The summed E-state index contributed by atoms with van der Waals surface area (Å²) in [5.41, 5.74) is 2.37. The van der Waals surface area contributed by atoms with Crippen LogP contribution in [-0.4, -0.2) is 20.0 Å². The Morgan fingerprint density at radius 1 is 0.862 bits per heavy atom. The van der Waals surface area contributed by atoms with Crippen LogP contribution in [-0.2, 0) is 0 Å².